The van der Waals surface area contributed by atoms with Crippen LogP contribution in [0.5, 0.6) is 0 Å². The van der Waals surface area contributed by atoms with Crippen molar-refractivity contribution in [2.45, 2.75) is 29.5 Å². The molecule has 17 heavy (non-hydrogen) atoms. The van der Waals surface area contributed by atoms with Crippen molar-refractivity contribution >= 4 is 0 Å². The maximum absolute atomic E-state index is 13.5. The summed E-state index contributed by atoms with van der Waals surface area (Å²) in [5.41, 5.74) is 0. The summed E-state index contributed by atoms with van der Waals surface area (Å²) in [6.07, 6.45) is 0. The normalized spacial score (nSPS) is 46.6. The predicted octanol–water partition coefficient (Wildman–Crippen LogP) is 2.28. The van der Waals surface area contributed by atoms with Crippen LogP contribution in [0.15, 0.2) is 0 Å². The van der Waals surface area contributed by atoms with E-state index in [1.54, 1.807) is 0 Å². The van der Waals surface area contributed by atoms with Gasteiger partial charge >= 0.3 is 29.5 Å². The van der Waals surface area contributed by atoms with E-state index in [-0.39, 0.29) is 0 Å². The molecule has 2 aliphatic rings. The Hall–Kier alpha value is -0.640. The molecule has 2 atom stereocenters. The Bertz CT molecular complexity index is 326. The SMILES string of the molecule is FC1(F)C(F)(F)C2(F)OCCOC2(F)C1(F)F. The lowest BCUT2D eigenvalue weighted by molar-refractivity contribution is -0.420. The number of hydrogen-bond donors (Lipinski definition) is 0. The Balaban J connectivity index is 2.70. The molecule has 100 valence electrons. The van der Waals surface area contributed by atoms with Crippen molar-refractivity contribution in [1.82, 2.24) is 0 Å². The monoisotopic (exact) mass is 272 g/mol. The van der Waals surface area contributed by atoms with Crippen LogP contribution >= 0.6 is 0 Å². The van der Waals surface area contributed by atoms with Gasteiger partial charge in [-0.1, -0.05) is 0 Å². The first-order valence-electron chi connectivity index (χ1n) is 4.25. The third-order valence-corrected chi connectivity index (χ3v) is 2.70. The quantitative estimate of drug-likeness (QED) is 0.630. The van der Waals surface area contributed by atoms with Crippen LogP contribution in [0.4, 0.5) is 35.1 Å². The van der Waals surface area contributed by atoms with E-state index in [0.717, 1.165) is 0 Å². The van der Waals surface area contributed by atoms with Crippen LogP contribution in [0.1, 0.15) is 0 Å². The molecule has 2 fully saturated rings. The highest BCUT2D eigenvalue weighted by atomic mass is 19.4. The fourth-order valence-electron chi connectivity index (χ4n) is 1.74. The molecule has 1 aliphatic heterocycles. The highest BCUT2D eigenvalue weighted by molar-refractivity contribution is 5.24. The third-order valence-electron chi connectivity index (χ3n) is 2.70. The highest BCUT2D eigenvalue weighted by Gasteiger charge is 3.02. The summed E-state index contributed by atoms with van der Waals surface area (Å²) >= 11 is 0. The van der Waals surface area contributed by atoms with Crippen LogP contribution in [-0.4, -0.2) is 42.7 Å². The first kappa shape index (κ1) is 12.8. The lowest BCUT2D eigenvalue weighted by atomic mass is 10.1. The van der Waals surface area contributed by atoms with E-state index in [0.29, 0.717) is 0 Å². The van der Waals surface area contributed by atoms with Crippen LogP contribution in [0.25, 0.3) is 0 Å². The molecular formula is C7H4F8O2. The highest BCUT2D eigenvalue weighted by Crippen LogP contribution is 2.69. The molecule has 0 aromatic carbocycles. The molecule has 0 radical (unpaired) electrons. The van der Waals surface area contributed by atoms with Gasteiger partial charge in [-0.25, -0.2) is 0 Å². The molecular weight excluding hydrogens is 268 g/mol. The minimum Gasteiger partial charge on any atom is -0.334 e. The smallest absolute Gasteiger partial charge is 0.334 e. The topological polar surface area (TPSA) is 18.5 Å². The summed E-state index contributed by atoms with van der Waals surface area (Å²) in [5.74, 6) is -28.8. The fraction of sp³-hybridized carbons (Fsp3) is 1.00. The predicted molar refractivity (Wildman–Crippen MR) is 34.4 cm³/mol. The van der Waals surface area contributed by atoms with E-state index < -0.39 is 42.7 Å². The lowest BCUT2D eigenvalue weighted by Crippen LogP contribution is -2.63. The van der Waals surface area contributed by atoms with Crippen molar-refractivity contribution in [2.24, 2.45) is 0 Å². The zero-order valence-corrected chi connectivity index (χ0v) is 7.75. The van der Waals surface area contributed by atoms with E-state index in [1.165, 1.54) is 0 Å². The number of halogens is 8. The molecule has 1 saturated heterocycles. The zero-order valence-electron chi connectivity index (χ0n) is 7.75. The van der Waals surface area contributed by atoms with Gasteiger partial charge in [0.1, 0.15) is 0 Å². The van der Waals surface area contributed by atoms with E-state index >= 15 is 0 Å². The first-order valence-corrected chi connectivity index (χ1v) is 4.25. The van der Waals surface area contributed by atoms with Gasteiger partial charge in [0, 0.05) is 0 Å². The van der Waals surface area contributed by atoms with Crippen LogP contribution in [0, 0.1) is 0 Å². The minimum absolute atomic E-state index is 1.05. The van der Waals surface area contributed by atoms with Gasteiger partial charge in [-0.3, -0.25) is 0 Å². The van der Waals surface area contributed by atoms with Gasteiger partial charge in [0.05, 0.1) is 13.2 Å². The second kappa shape index (κ2) is 2.85. The van der Waals surface area contributed by atoms with Crippen LogP contribution in [-0.2, 0) is 9.47 Å². The summed E-state index contributed by atoms with van der Waals surface area (Å²) in [6, 6.07) is 0. The van der Waals surface area contributed by atoms with Gasteiger partial charge < -0.3 is 9.47 Å². The molecule has 0 spiro atoms. The molecule has 0 bridgehead atoms. The molecule has 1 aliphatic carbocycles. The van der Waals surface area contributed by atoms with Crippen molar-refractivity contribution < 1.29 is 44.6 Å². The van der Waals surface area contributed by atoms with Gasteiger partial charge in [-0.05, 0) is 0 Å². The van der Waals surface area contributed by atoms with Crippen LogP contribution in [0.2, 0.25) is 0 Å². The van der Waals surface area contributed by atoms with Crippen molar-refractivity contribution in [3.05, 3.63) is 0 Å². The van der Waals surface area contributed by atoms with E-state index in [1.807, 2.05) is 0 Å². The lowest BCUT2D eigenvalue weighted by Gasteiger charge is -2.38. The van der Waals surface area contributed by atoms with Gasteiger partial charge in [0.2, 0.25) is 0 Å². The summed E-state index contributed by atoms with van der Waals surface area (Å²) in [7, 11) is 0. The van der Waals surface area contributed by atoms with Gasteiger partial charge in [-0.15, -0.1) is 0 Å². The van der Waals surface area contributed by atoms with Crippen molar-refractivity contribution in [1.29, 1.82) is 0 Å². The summed E-state index contributed by atoms with van der Waals surface area (Å²) < 4.78 is 111. The molecule has 0 amide bonds. The molecule has 10 heteroatoms. The van der Waals surface area contributed by atoms with Gasteiger partial charge in [0.25, 0.3) is 0 Å². The molecule has 0 aromatic heterocycles. The second-order valence-corrected chi connectivity index (χ2v) is 3.61. The summed E-state index contributed by atoms with van der Waals surface area (Å²) in [4.78, 5) is 0. The maximum atomic E-state index is 13.5. The van der Waals surface area contributed by atoms with E-state index in [2.05, 4.69) is 9.47 Å². The Morgan fingerprint density at radius 3 is 1.12 bits per heavy atom. The molecule has 2 unspecified atom stereocenters. The largest absolute Gasteiger partial charge is 0.384 e. The van der Waals surface area contributed by atoms with Crippen LogP contribution in [0.3, 0.4) is 0 Å². The van der Waals surface area contributed by atoms with E-state index in [4.69, 9.17) is 0 Å². The molecule has 0 aromatic rings. The molecule has 2 rings (SSSR count). The van der Waals surface area contributed by atoms with Gasteiger partial charge in [0.15, 0.2) is 0 Å². The van der Waals surface area contributed by atoms with Crippen LogP contribution < -0.4 is 0 Å². The van der Waals surface area contributed by atoms with Crippen molar-refractivity contribution in [3.63, 3.8) is 0 Å². The first-order chi connectivity index (χ1) is 7.46. The number of ether oxygens (including phenoxy) is 2. The molecule has 1 heterocycles. The average molecular weight is 272 g/mol. The van der Waals surface area contributed by atoms with E-state index in [9.17, 15) is 35.1 Å². The Kier molecular flexibility index (Phi) is 2.14. The van der Waals surface area contributed by atoms with Gasteiger partial charge in [-0.2, -0.15) is 35.1 Å². The Morgan fingerprint density at radius 1 is 0.529 bits per heavy atom. The molecule has 1 saturated carbocycles. The average Bonchev–Trinajstić information content (AvgIpc) is 2.26. The number of alkyl halides is 8. The maximum Gasteiger partial charge on any atom is 0.384 e. The standard InChI is InChI=1S/C7H4F8O2/c8-3(9)4(10,11)6(14)7(15,5(3,12)13)17-2-1-16-6/h1-2H2. The second-order valence-electron chi connectivity index (χ2n) is 3.61. The fourth-order valence-corrected chi connectivity index (χ4v) is 1.74. The third kappa shape index (κ3) is 0.963. The molecule has 0 N–H and O–H groups in total. The van der Waals surface area contributed by atoms with Crippen molar-refractivity contribution in [2.75, 3.05) is 13.2 Å². The van der Waals surface area contributed by atoms with Crippen molar-refractivity contribution in [3.8, 4) is 0 Å². The summed E-state index contributed by atoms with van der Waals surface area (Å²) in [5, 5.41) is 0. The number of hydrogen-bond acceptors (Lipinski definition) is 2. The summed E-state index contributed by atoms with van der Waals surface area (Å²) in [6.45, 7) is -2.10. The Labute approximate surface area is 88.5 Å². The number of fused-ring (bicyclic) bond motifs is 1. The zero-order chi connectivity index (χ0) is 13.3. The number of rotatable bonds is 0. The Morgan fingerprint density at radius 2 is 0.824 bits per heavy atom. The minimum atomic E-state index is -6.27. The molecule has 2 nitrogen and oxygen atoms in total.